The summed E-state index contributed by atoms with van der Waals surface area (Å²) in [6.45, 7) is 0.344. The molecular formula is C13H15F3N2O. The van der Waals surface area contributed by atoms with Gasteiger partial charge in [0.25, 0.3) is 5.92 Å². The molecule has 1 aliphatic rings. The molecule has 0 unspecified atom stereocenters. The first-order valence-corrected chi connectivity index (χ1v) is 6.10. The van der Waals surface area contributed by atoms with Gasteiger partial charge in [-0.2, -0.15) is 0 Å². The van der Waals surface area contributed by atoms with Gasteiger partial charge >= 0.3 is 0 Å². The lowest BCUT2D eigenvalue weighted by atomic mass is 10.3. The number of amides is 1. The summed E-state index contributed by atoms with van der Waals surface area (Å²) in [6, 6.07) is 5.40. The molecule has 3 nitrogen and oxygen atoms in total. The molecule has 0 bridgehead atoms. The number of halogens is 3. The molecule has 1 saturated heterocycles. The summed E-state index contributed by atoms with van der Waals surface area (Å²) in [5.41, 5.74) is 0.498. The first kappa shape index (κ1) is 13.9. The molecule has 1 aromatic rings. The Morgan fingerprint density at radius 2 is 2.00 bits per heavy atom. The van der Waals surface area contributed by atoms with Gasteiger partial charge in [-0.05, 0) is 24.3 Å². The predicted octanol–water partition coefficient (Wildman–Crippen LogP) is 2.50. The molecular weight excluding hydrogens is 257 g/mol. The van der Waals surface area contributed by atoms with E-state index in [2.05, 4.69) is 5.32 Å². The van der Waals surface area contributed by atoms with Crippen molar-refractivity contribution in [2.75, 3.05) is 25.0 Å². The molecule has 6 heteroatoms. The van der Waals surface area contributed by atoms with Crippen LogP contribution in [0.1, 0.15) is 12.8 Å². The lowest BCUT2D eigenvalue weighted by Gasteiger charge is -2.15. The number of likely N-dealkylation sites (tertiary alicyclic amines) is 1. The van der Waals surface area contributed by atoms with Crippen molar-refractivity contribution in [2.45, 2.75) is 18.8 Å². The van der Waals surface area contributed by atoms with E-state index < -0.39 is 5.92 Å². The second-order valence-electron chi connectivity index (χ2n) is 4.69. The molecule has 1 fully saturated rings. The Kier molecular flexibility index (Phi) is 4.09. The van der Waals surface area contributed by atoms with Crippen molar-refractivity contribution in [1.82, 2.24) is 4.90 Å². The van der Waals surface area contributed by atoms with Crippen LogP contribution in [0.3, 0.4) is 0 Å². The van der Waals surface area contributed by atoms with Crippen molar-refractivity contribution in [1.29, 1.82) is 0 Å². The Balaban J connectivity index is 1.75. The Morgan fingerprint density at radius 3 is 2.58 bits per heavy atom. The van der Waals surface area contributed by atoms with Gasteiger partial charge in [-0.15, -0.1) is 0 Å². The first-order valence-electron chi connectivity index (χ1n) is 6.10. The average molecular weight is 272 g/mol. The molecule has 0 spiro atoms. The second kappa shape index (κ2) is 5.61. The van der Waals surface area contributed by atoms with E-state index in [0.717, 1.165) is 0 Å². The summed E-state index contributed by atoms with van der Waals surface area (Å²) >= 11 is 0. The van der Waals surface area contributed by atoms with Crippen LogP contribution >= 0.6 is 0 Å². The number of nitrogens with zero attached hydrogens (tertiary/aromatic N) is 1. The van der Waals surface area contributed by atoms with Crippen LogP contribution in [0, 0.1) is 5.82 Å². The minimum atomic E-state index is -2.63. The zero-order chi connectivity index (χ0) is 13.9. The highest BCUT2D eigenvalue weighted by Gasteiger charge is 2.37. The molecule has 1 aliphatic heterocycles. The van der Waals surface area contributed by atoms with Crippen molar-refractivity contribution in [3.63, 3.8) is 0 Å². The van der Waals surface area contributed by atoms with Crippen molar-refractivity contribution in [3.8, 4) is 0 Å². The highest BCUT2D eigenvalue weighted by molar-refractivity contribution is 5.90. The van der Waals surface area contributed by atoms with Crippen LogP contribution in [0.2, 0.25) is 0 Å². The molecule has 0 atom stereocenters. The number of rotatable bonds is 4. The van der Waals surface area contributed by atoms with E-state index in [1.807, 2.05) is 0 Å². The predicted molar refractivity (Wildman–Crippen MR) is 65.7 cm³/mol. The third-order valence-corrected chi connectivity index (χ3v) is 3.03. The summed E-state index contributed by atoms with van der Waals surface area (Å²) in [4.78, 5) is 13.2. The lowest BCUT2D eigenvalue weighted by molar-refractivity contribution is -0.116. The van der Waals surface area contributed by atoms with Gasteiger partial charge < -0.3 is 5.32 Å². The Morgan fingerprint density at radius 1 is 1.32 bits per heavy atom. The van der Waals surface area contributed by atoms with E-state index in [-0.39, 0.29) is 31.1 Å². The number of nitrogens with one attached hydrogen (secondary N) is 1. The standard InChI is InChI=1S/C13H15F3N2O/c14-10-1-3-11(4-2-10)17-12(19)5-7-18-8-6-13(15,16)9-18/h1-4H,5-9H2,(H,17,19). The largest absolute Gasteiger partial charge is 0.326 e. The minimum absolute atomic E-state index is 0.146. The zero-order valence-electron chi connectivity index (χ0n) is 10.3. The van der Waals surface area contributed by atoms with Crippen LogP contribution in [0.4, 0.5) is 18.9 Å². The number of anilines is 1. The van der Waals surface area contributed by atoms with Crippen LogP contribution < -0.4 is 5.32 Å². The molecule has 0 saturated carbocycles. The summed E-state index contributed by atoms with van der Waals surface area (Å²) in [6.07, 6.45) is 0.0000373. The van der Waals surface area contributed by atoms with Crippen LogP contribution in [0.25, 0.3) is 0 Å². The van der Waals surface area contributed by atoms with Crippen LogP contribution in [-0.4, -0.2) is 36.4 Å². The number of alkyl halides is 2. The summed E-state index contributed by atoms with van der Waals surface area (Å²) in [7, 11) is 0. The van der Waals surface area contributed by atoms with Gasteiger partial charge in [-0.1, -0.05) is 0 Å². The maximum Gasteiger partial charge on any atom is 0.261 e. The Labute approximate surface area is 109 Å². The van der Waals surface area contributed by atoms with Gasteiger partial charge in [0.15, 0.2) is 0 Å². The fourth-order valence-electron chi connectivity index (χ4n) is 2.01. The Hall–Kier alpha value is -1.56. The molecule has 2 rings (SSSR count). The first-order chi connectivity index (χ1) is 8.94. The SMILES string of the molecule is O=C(CCN1CCC(F)(F)C1)Nc1ccc(F)cc1. The molecule has 104 valence electrons. The quantitative estimate of drug-likeness (QED) is 0.913. The zero-order valence-corrected chi connectivity index (χ0v) is 10.3. The monoisotopic (exact) mass is 272 g/mol. The summed E-state index contributed by atoms with van der Waals surface area (Å²) in [5.74, 6) is -3.27. The second-order valence-corrected chi connectivity index (χ2v) is 4.69. The summed E-state index contributed by atoms with van der Waals surface area (Å²) in [5, 5.41) is 2.59. The van der Waals surface area contributed by atoms with E-state index in [9.17, 15) is 18.0 Å². The molecule has 1 heterocycles. The van der Waals surface area contributed by atoms with Gasteiger partial charge in [-0.3, -0.25) is 9.69 Å². The number of benzene rings is 1. The van der Waals surface area contributed by atoms with E-state index >= 15 is 0 Å². The number of hydrogen-bond donors (Lipinski definition) is 1. The van der Waals surface area contributed by atoms with E-state index in [1.54, 1.807) is 4.90 Å². The Bertz CT molecular complexity index is 448. The topological polar surface area (TPSA) is 32.3 Å². The third kappa shape index (κ3) is 4.24. The molecule has 1 N–H and O–H groups in total. The highest BCUT2D eigenvalue weighted by Crippen LogP contribution is 2.26. The van der Waals surface area contributed by atoms with Gasteiger partial charge in [0.1, 0.15) is 5.82 Å². The lowest BCUT2D eigenvalue weighted by Crippen LogP contribution is -2.28. The number of hydrogen-bond acceptors (Lipinski definition) is 2. The van der Waals surface area contributed by atoms with Crippen LogP contribution in [-0.2, 0) is 4.79 Å². The summed E-state index contributed by atoms with van der Waals surface area (Å²) < 4.78 is 38.5. The normalized spacial score (nSPS) is 18.5. The minimum Gasteiger partial charge on any atom is -0.326 e. The fourth-order valence-corrected chi connectivity index (χ4v) is 2.01. The van der Waals surface area contributed by atoms with Gasteiger partial charge in [0.05, 0.1) is 6.54 Å². The van der Waals surface area contributed by atoms with Gasteiger partial charge in [0.2, 0.25) is 5.91 Å². The van der Waals surface area contributed by atoms with Gasteiger partial charge in [0, 0.05) is 31.6 Å². The molecule has 1 amide bonds. The van der Waals surface area contributed by atoms with Crippen molar-refractivity contribution < 1.29 is 18.0 Å². The van der Waals surface area contributed by atoms with Crippen LogP contribution in [0.15, 0.2) is 24.3 Å². The van der Waals surface area contributed by atoms with E-state index in [1.165, 1.54) is 24.3 Å². The molecule has 0 aliphatic carbocycles. The maximum atomic E-state index is 12.9. The molecule has 0 radical (unpaired) electrons. The third-order valence-electron chi connectivity index (χ3n) is 3.03. The number of carbonyl (C=O) groups is 1. The van der Waals surface area contributed by atoms with E-state index in [4.69, 9.17) is 0 Å². The molecule has 19 heavy (non-hydrogen) atoms. The van der Waals surface area contributed by atoms with Crippen molar-refractivity contribution >= 4 is 11.6 Å². The van der Waals surface area contributed by atoms with E-state index in [0.29, 0.717) is 18.8 Å². The smallest absolute Gasteiger partial charge is 0.261 e. The van der Waals surface area contributed by atoms with Crippen molar-refractivity contribution in [2.24, 2.45) is 0 Å². The van der Waals surface area contributed by atoms with Crippen molar-refractivity contribution in [3.05, 3.63) is 30.1 Å². The van der Waals surface area contributed by atoms with Crippen LogP contribution in [0.5, 0.6) is 0 Å². The maximum absolute atomic E-state index is 12.9. The molecule has 1 aromatic carbocycles. The number of carbonyl (C=O) groups excluding carboxylic acids is 1. The average Bonchev–Trinajstić information content (AvgIpc) is 2.69. The molecule has 0 aromatic heterocycles. The fraction of sp³-hybridized carbons (Fsp3) is 0.462. The van der Waals surface area contributed by atoms with Gasteiger partial charge in [-0.25, -0.2) is 13.2 Å². The highest BCUT2D eigenvalue weighted by atomic mass is 19.3.